The highest BCUT2D eigenvalue weighted by atomic mass is 16.5. The van der Waals surface area contributed by atoms with Crippen molar-refractivity contribution in [1.29, 1.82) is 0 Å². The second-order valence-corrected chi connectivity index (χ2v) is 13.1. The first-order chi connectivity index (χ1) is 22.2. The van der Waals surface area contributed by atoms with E-state index in [0.29, 0.717) is 11.8 Å². The minimum Gasteiger partial charge on any atom is -0.457 e. The number of aromatic nitrogens is 4. The standard InChI is InChI=1S/C41H40N4O/c1-26(2)18-31-21-30(27(3)4)20-29(6)41(31)32-24-43-44(25-32)33-10-9-11-34(22-33)46-35-14-15-37-36-12-7-8-13-38(36)45(39(37)23-35)40-19-28(5)16-17-42-40/h7-17,19-27H,18H2,1-6H3. The van der Waals surface area contributed by atoms with Gasteiger partial charge in [-0.15, -0.1) is 0 Å². The van der Waals surface area contributed by atoms with Crippen LogP contribution in [0.5, 0.6) is 11.5 Å². The number of fused-ring (bicyclic) bond motifs is 3. The first-order valence-electron chi connectivity index (χ1n) is 16.2. The van der Waals surface area contributed by atoms with Crippen LogP contribution in [0.4, 0.5) is 0 Å². The molecule has 0 radical (unpaired) electrons. The molecule has 7 aromatic rings. The van der Waals surface area contributed by atoms with Gasteiger partial charge in [0.05, 0.1) is 22.9 Å². The fourth-order valence-corrected chi connectivity index (χ4v) is 6.56. The Morgan fingerprint density at radius 3 is 2.37 bits per heavy atom. The van der Waals surface area contributed by atoms with Gasteiger partial charge in [-0.2, -0.15) is 5.10 Å². The molecular weight excluding hydrogens is 564 g/mol. The zero-order valence-corrected chi connectivity index (χ0v) is 27.5. The molecular formula is C41H40N4O. The molecule has 0 N–H and O–H groups in total. The van der Waals surface area contributed by atoms with Crippen LogP contribution in [0.1, 0.15) is 55.9 Å². The van der Waals surface area contributed by atoms with Gasteiger partial charge in [0, 0.05) is 40.9 Å². The smallest absolute Gasteiger partial charge is 0.137 e. The van der Waals surface area contributed by atoms with Crippen molar-refractivity contribution in [2.24, 2.45) is 5.92 Å². The molecule has 46 heavy (non-hydrogen) atoms. The maximum atomic E-state index is 6.49. The van der Waals surface area contributed by atoms with Crippen molar-refractivity contribution in [2.45, 2.75) is 53.9 Å². The summed E-state index contributed by atoms with van der Waals surface area (Å²) in [5, 5.41) is 7.15. The molecule has 3 aromatic heterocycles. The second-order valence-electron chi connectivity index (χ2n) is 13.1. The van der Waals surface area contributed by atoms with Crippen LogP contribution in [-0.4, -0.2) is 19.3 Å². The minimum atomic E-state index is 0.493. The van der Waals surface area contributed by atoms with Crippen LogP contribution in [-0.2, 0) is 6.42 Å². The van der Waals surface area contributed by atoms with Gasteiger partial charge in [0.25, 0.3) is 0 Å². The van der Waals surface area contributed by atoms with Crippen molar-refractivity contribution in [3.63, 3.8) is 0 Å². The molecule has 0 aliphatic heterocycles. The highest BCUT2D eigenvalue weighted by Gasteiger charge is 2.17. The van der Waals surface area contributed by atoms with Crippen molar-refractivity contribution >= 4 is 21.8 Å². The molecule has 4 aromatic carbocycles. The number of ether oxygens (including phenoxy) is 1. The third-order valence-electron chi connectivity index (χ3n) is 8.70. The number of pyridine rings is 1. The minimum absolute atomic E-state index is 0.493. The van der Waals surface area contributed by atoms with E-state index in [1.165, 1.54) is 33.2 Å². The van der Waals surface area contributed by atoms with Gasteiger partial charge in [-0.05, 0) is 102 Å². The lowest BCUT2D eigenvalue weighted by molar-refractivity contribution is 0.483. The Morgan fingerprint density at radius 2 is 1.57 bits per heavy atom. The number of nitrogens with zero attached hydrogens (tertiary/aromatic N) is 4. The zero-order valence-electron chi connectivity index (χ0n) is 27.5. The summed E-state index contributed by atoms with van der Waals surface area (Å²) in [6.07, 6.45) is 7.03. The lowest BCUT2D eigenvalue weighted by Gasteiger charge is -2.17. The molecule has 0 unspecified atom stereocenters. The summed E-state index contributed by atoms with van der Waals surface area (Å²) in [5.41, 5.74) is 10.8. The monoisotopic (exact) mass is 604 g/mol. The summed E-state index contributed by atoms with van der Waals surface area (Å²) in [7, 11) is 0. The van der Waals surface area contributed by atoms with E-state index < -0.39 is 0 Å². The van der Waals surface area contributed by atoms with Crippen LogP contribution in [0.3, 0.4) is 0 Å². The van der Waals surface area contributed by atoms with Crippen LogP contribution >= 0.6 is 0 Å². The number of hydrogen-bond acceptors (Lipinski definition) is 3. The van der Waals surface area contributed by atoms with E-state index in [9.17, 15) is 0 Å². The number of benzene rings is 4. The number of aryl methyl sites for hydroxylation is 2. The second kappa shape index (κ2) is 12.0. The summed E-state index contributed by atoms with van der Waals surface area (Å²) in [6.45, 7) is 13.4. The van der Waals surface area contributed by atoms with E-state index in [2.05, 4.69) is 113 Å². The van der Waals surface area contributed by atoms with Crippen LogP contribution in [0.15, 0.2) is 110 Å². The van der Waals surface area contributed by atoms with Gasteiger partial charge >= 0.3 is 0 Å². The van der Waals surface area contributed by atoms with Crippen molar-refractivity contribution in [3.8, 4) is 34.1 Å². The SMILES string of the molecule is Cc1ccnc(-n2c3ccccc3c3ccc(Oc4cccc(-n5cc(-c6c(C)cc(C(C)C)cc6CC(C)C)cn5)c4)cc32)c1. The predicted octanol–water partition coefficient (Wildman–Crippen LogP) is 10.8. The van der Waals surface area contributed by atoms with E-state index in [0.717, 1.165) is 51.4 Å². The van der Waals surface area contributed by atoms with Crippen molar-refractivity contribution in [3.05, 3.63) is 132 Å². The predicted molar refractivity (Wildman–Crippen MR) is 190 cm³/mol. The molecule has 0 amide bonds. The molecule has 230 valence electrons. The molecule has 5 nitrogen and oxygen atoms in total. The molecule has 3 heterocycles. The molecule has 0 aliphatic carbocycles. The molecule has 0 fully saturated rings. The highest BCUT2D eigenvalue weighted by molar-refractivity contribution is 6.09. The van der Waals surface area contributed by atoms with Gasteiger partial charge in [-0.1, -0.05) is 64.1 Å². The van der Waals surface area contributed by atoms with E-state index in [-0.39, 0.29) is 0 Å². The van der Waals surface area contributed by atoms with Crippen LogP contribution < -0.4 is 4.74 Å². The highest BCUT2D eigenvalue weighted by Crippen LogP contribution is 2.36. The average Bonchev–Trinajstić information content (AvgIpc) is 3.64. The molecule has 0 atom stereocenters. The van der Waals surface area contributed by atoms with Crippen LogP contribution in [0, 0.1) is 19.8 Å². The van der Waals surface area contributed by atoms with Crippen molar-refractivity contribution < 1.29 is 4.74 Å². The van der Waals surface area contributed by atoms with Gasteiger partial charge in [0.15, 0.2) is 0 Å². The van der Waals surface area contributed by atoms with Gasteiger partial charge in [0.2, 0.25) is 0 Å². The first-order valence-corrected chi connectivity index (χ1v) is 16.2. The Hall–Kier alpha value is -5.16. The number of hydrogen-bond donors (Lipinski definition) is 0. The molecule has 0 saturated carbocycles. The van der Waals surface area contributed by atoms with Gasteiger partial charge in [0.1, 0.15) is 17.3 Å². The fraction of sp³-hybridized carbons (Fsp3) is 0.220. The summed E-state index contributed by atoms with van der Waals surface area (Å²) >= 11 is 0. The maximum Gasteiger partial charge on any atom is 0.137 e. The Kier molecular flexibility index (Phi) is 7.69. The van der Waals surface area contributed by atoms with Crippen molar-refractivity contribution in [1.82, 2.24) is 19.3 Å². The summed E-state index contributed by atoms with van der Waals surface area (Å²) in [4.78, 5) is 4.71. The molecule has 7 rings (SSSR count). The fourth-order valence-electron chi connectivity index (χ4n) is 6.56. The van der Waals surface area contributed by atoms with Crippen LogP contribution in [0.25, 0.3) is 44.4 Å². The van der Waals surface area contributed by atoms with Gasteiger partial charge in [-0.3, -0.25) is 4.57 Å². The zero-order chi connectivity index (χ0) is 31.9. The Morgan fingerprint density at radius 1 is 0.761 bits per heavy atom. The summed E-state index contributed by atoms with van der Waals surface area (Å²) in [5.74, 6) is 3.47. The lowest BCUT2D eigenvalue weighted by Crippen LogP contribution is -2.01. The van der Waals surface area contributed by atoms with E-state index in [1.807, 2.05) is 47.4 Å². The van der Waals surface area contributed by atoms with E-state index in [1.54, 1.807) is 0 Å². The third-order valence-corrected chi connectivity index (χ3v) is 8.70. The molecule has 0 aliphatic rings. The first kappa shape index (κ1) is 29.5. The van der Waals surface area contributed by atoms with Crippen LogP contribution in [0.2, 0.25) is 0 Å². The van der Waals surface area contributed by atoms with E-state index >= 15 is 0 Å². The van der Waals surface area contributed by atoms with Gasteiger partial charge < -0.3 is 4.74 Å². The maximum absolute atomic E-state index is 6.49. The Labute approximate surface area is 271 Å². The number of para-hydroxylation sites is 1. The molecule has 0 saturated heterocycles. The molecule has 5 heteroatoms. The largest absolute Gasteiger partial charge is 0.457 e. The quantitative estimate of drug-likeness (QED) is 0.173. The Balaban J connectivity index is 1.23. The number of rotatable bonds is 8. The summed E-state index contributed by atoms with van der Waals surface area (Å²) < 4.78 is 10.7. The summed E-state index contributed by atoms with van der Waals surface area (Å²) in [6, 6.07) is 31.8. The van der Waals surface area contributed by atoms with E-state index in [4.69, 9.17) is 14.8 Å². The topological polar surface area (TPSA) is 44.9 Å². The van der Waals surface area contributed by atoms with Crippen molar-refractivity contribution in [2.75, 3.05) is 0 Å². The lowest BCUT2D eigenvalue weighted by atomic mass is 9.87. The third kappa shape index (κ3) is 5.58. The molecule has 0 bridgehead atoms. The van der Waals surface area contributed by atoms with Gasteiger partial charge in [-0.25, -0.2) is 9.67 Å². The molecule has 0 spiro atoms. The normalized spacial score (nSPS) is 11.7. The average molecular weight is 605 g/mol. The Bertz CT molecular complexity index is 2200.